The van der Waals surface area contributed by atoms with E-state index in [1.54, 1.807) is 6.92 Å². The fraction of sp³-hybridized carbons (Fsp3) is 0.600. The van der Waals surface area contributed by atoms with E-state index < -0.39 is 0 Å². The summed E-state index contributed by atoms with van der Waals surface area (Å²) in [5.41, 5.74) is 2.63. The fourth-order valence-electron chi connectivity index (χ4n) is 1.93. The fourth-order valence-corrected chi connectivity index (χ4v) is 1.93. The van der Waals surface area contributed by atoms with Gasteiger partial charge in [0.05, 0.1) is 6.61 Å². The van der Waals surface area contributed by atoms with Crippen LogP contribution in [0.25, 0.3) is 0 Å². The highest BCUT2D eigenvalue weighted by Gasteiger charge is 2.27. The summed E-state index contributed by atoms with van der Waals surface area (Å²) in [6.07, 6.45) is 1.92. The van der Waals surface area contributed by atoms with Crippen molar-refractivity contribution in [3.8, 4) is 0 Å². The average molecular weight is 194 g/mol. The Kier molecular flexibility index (Phi) is 2.27. The molecule has 0 fully saturated rings. The van der Waals surface area contributed by atoms with E-state index in [9.17, 15) is 4.79 Å². The first-order valence-corrected chi connectivity index (χ1v) is 4.95. The van der Waals surface area contributed by atoms with Crippen molar-refractivity contribution in [3.63, 3.8) is 0 Å². The van der Waals surface area contributed by atoms with E-state index >= 15 is 0 Å². The van der Waals surface area contributed by atoms with Gasteiger partial charge in [-0.3, -0.25) is 5.10 Å². The van der Waals surface area contributed by atoms with Crippen LogP contribution in [0.4, 0.5) is 0 Å². The van der Waals surface area contributed by atoms with Crippen LogP contribution in [0.5, 0.6) is 0 Å². The highest BCUT2D eigenvalue weighted by atomic mass is 16.5. The van der Waals surface area contributed by atoms with Crippen LogP contribution in [0.2, 0.25) is 0 Å². The summed E-state index contributed by atoms with van der Waals surface area (Å²) in [5.74, 6) is 0.298. The van der Waals surface area contributed by atoms with Gasteiger partial charge >= 0.3 is 5.97 Å². The topological polar surface area (TPSA) is 55.0 Å². The molecule has 1 N–H and O–H groups in total. The smallest absolute Gasteiger partial charge is 0.359 e. The first-order chi connectivity index (χ1) is 6.72. The monoisotopic (exact) mass is 194 g/mol. The third-order valence-electron chi connectivity index (χ3n) is 2.53. The molecule has 2 rings (SSSR count). The number of ether oxygens (including phenoxy) is 1. The molecule has 4 heteroatoms. The zero-order chi connectivity index (χ0) is 10.1. The molecule has 1 atom stereocenters. The second-order valence-corrected chi connectivity index (χ2v) is 3.76. The van der Waals surface area contributed by atoms with Crippen LogP contribution in [0, 0.1) is 5.92 Å². The van der Waals surface area contributed by atoms with E-state index in [2.05, 4.69) is 17.1 Å². The lowest BCUT2D eigenvalue weighted by molar-refractivity contribution is 0.0518. The first kappa shape index (κ1) is 9.24. The third kappa shape index (κ3) is 1.41. The Balaban J connectivity index is 2.25. The van der Waals surface area contributed by atoms with Crippen molar-refractivity contribution in [2.45, 2.75) is 26.7 Å². The van der Waals surface area contributed by atoms with Gasteiger partial charge in [-0.05, 0) is 25.7 Å². The van der Waals surface area contributed by atoms with Gasteiger partial charge in [0.1, 0.15) is 0 Å². The van der Waals surface area contributed by atoms with Crippen LogP contribution in [0.3, 0.4) is 0 Å². The molecule has 76 valence electrons. The summed E-state index contributed by atoms with van der Waals surface area (Å²) in [4.78, 5) is 11.5. The normalized spacial score (nSPS) is 19.4. The van der Waals surface area contributed by atoms with Crippen LogP contribution in [0.15, 0.2) is 0 Å². The Bertz CT molecular complexity index is 357. The lowest BCUT2D eigenvalue weighted by Crippen LogP contribution is -2.08. The molecule has 1 aromatic rings. The molecule has 1 aliphatic carbocycles. The molecule has 1 aliphatic rings. The molecule has 4 nitrogen and oxygen atoms in total. The van der Waals surface area contributed by atoms with E-state index in [-0.39, 0.29) is 5.97 Å². The predicted octanol–water partition coefficient (Wildman–Crippen LogP) is 1.32. The number of aromatic nitrogens is 2. The van der Waals surface area contributed by atoms with E-state index in [0.29, 0.717) is 18.2 Å². The van der Waals surface area contributed by atoms with Gasteiger partial charge in [-0.1, -0.05) is 6.92 Å². The number of esters is 1. The lowest BCUT2D eigenvalue weighted by Gasteiger charge is -2.00. The number of nitrogens with one attached hydrogen (secondary N) is 1. The molecule has 1 heterocycles. The van der Waals surface area contributed by atoms with Gasteiger partial charge in [-0.15, -0.1) is 0 Å². The number of rotatable bonds is 2. The largest absolute Gasteiger partial charge is 0.461 e. The SMILES string of the molecule is CCOC(=O)c1n[nH]c2c1C[C@H](C)C2. The molecular weight excluding hydrogens is 180 g/mol. The van der Waals surface area contributed by atoms with Gasteiger partial charge in [-0.25, -0.2) is 4.79 Å². The average Bonchev–Trinajstić information content (AvgIpc) is 2.62. The third-order valence-corrected chi connectivity index (χ3v) is 2.53. The summed E-state index contributed by atoms with van der Waals surface area (Å²) >= 11 is 0. The molecular formula is C10H14N2O2. The van der Waals surface area contributed by atoms with Gasteiger partial charge in [0.15, 0.2) is 5.69 Å². The van der Waals surface area contributed by atoms with Crippen molar-refractivity contribution >= 4 is 5.97 Å². The van der Waals surface area contributed by atoms with Gasteiger partial charge in [0, 0.05) is 11.3 Å². The maximum Gasteiger partial charge on any atom is 0.359 e. The van der Waals surface area contributed by atoms with E-state index in [1.165, 1.54) is 0 Å². The van der Waals surface area contributed by atoms with Gasteiger partial charge in [0.2, 0.25) is 0 Å². The quantitative estimate of drug-likeness (QED) is 0.722. The summed E-state index contributed by atoms with van der Waals surface area (Å²) in [5, 5.41) is 6.90. The Morgan fingerprint density at radius 2 is 2.43 bits per heavy atom. The molecule has 0 aliphatic heterocycles. The Hall–Kier alpha value is -1.32. The number of H-pyrrole nitrogens is 1. The summed E-state index contributed by atoms with van der Waals surface area (Å²) in [7, 11) is 0. The highest BCUT2D eigenvalue weighted by molar-refractivity contribution is 5.89. The maximum atomic E-state index is 11.5. The van der Waals surface area contributed by atoms with Gasteiger partial charge in [0.25, 0.3) is 0 Å². The number of carbonyl (C=O) groups excluding carboxylic acids is 1. The van der Waals surface area contributed by atoms with Crippen molar-refractivity contribution in [1.82, 2.24) is 10.2 Å². The number of aromatic amines is 1. The van der Waals surface area contributed by atoms with Crippen molar-refractivity contribution in [2.75, 3.05) is 6.61 Å². The Morgan fingerprint density at radius 3 is 3.14 bits per heavy atom. The number of hydrogen-bond acceptors (Lipinski definition) is 3. The standard InChI is InChI=1S/C10H14N2O2/c1-3-14-10(13)9-7-4-6(2)5-8(7)11-12-9/h6H,3-5H2,1-2H3,(H,11,12)/t6-/m0/s1. The molecule has 1 aromatic heterocycles. The van der Waals surface area contributed by atoms with Gasteiger partial charge in [-0.2, -0.15) is 5.10 Å². The van der Waals surface area contributed by atoms with Crippen molar-refractivity contribution in [1.29, 1.82) is 0 Å². The van der Waals surface area contributed by atoms with Crippen LogP contribution < -0.4 is 0 Å². The van der Waals surface area contributed by atoms with E-state index in [0.717, 1.165) is 24.1 Å². The number of nitrogens with zero attached hydrogens (tertiary/aromatic N) is 1. The minimum Gasteiger partial charge on any atom is -0.461 e. The summed E-state index contributed by atoms with van der Waals surface area (Å²) < 4.78 is 4.93. The molecule has 14 heavy (non-hydrogen) atoms. The Labute approximate surface area is 82.7 Å². The number of hydrogen-bond donors (Lipinski definition) is 1. The highest BCUT2D eigenvalue weighted by Crippen LogP contribution is 2.27. The number of carbonyl (C=O) groups is 1. The lowest BCUT2D eigenvalue weighted by atomic mass is 10.1. The Morgan fingerprint density at radius 1 is 1.64 bits per heavy atom. The minimum absolute atomic E-state index is 0.306. The molecule has 0 saturated carbocycles. The van der Waals surface area contributed by atoms with Crippen LogP contribution in [-0.2, 0) is 17.6 Å². The van der Waals surface area contributed by atoms with Crippen LogP contribution >= 0.6 is 0 Å². The molecule has 0 unspecified atom stereocenters. The minimum atomic E-state index is -0.306. The first-order valence-electron chi connectivity index (χ1n) is 4.95. The van der Waals surface area contributed by atoms with Gasteiger partial charge < -0.3 is 4.74 Å². The predicted molar refractivity (Wildman–Crippen MR) is 51.1 cm³/mol. The van der Waals surface area contributed by atoms with E-state index in [1.807, 2.05) is 0 Å². The molecule has 0 bridgehead atoms. The number of fused-ring (bicyclic) bond motifs is 1. The maximum absolute atomic E-state index is 11.5. The van der Waals surface area contributed by atoms with Crippen LogP contribution in [-0.4, -0.2) is 22.8 Å². The van der Waals surface area contributed by atoms with Crippen molar-refractivity contribution in [3.05, 3.63) is 17.0 Å². The summed E-state index contributed by atoms with van der Waals surface area (Å²) in [6.45, 7) is 4.37. The molecule has 0 radical (unpaired) electrons. The zero-order valence-corrected chi connectivity index (χ0v) is 8.46. The second kappa shape index (κ2) is 3.44. The van der Waals surface area contributed by atoms with Crippen molar-refractivity contribution < 1.29 is 9.53 Å². The van der Waals surface area contributed by atoms with Crippen LogP contribution in [0.1, 0.15) is 35.6 Å². The zero-order valence-electron chi connectivity index (χ0n) is 8.46. The molecule has 0 saturated heterocycles. The molecule has 0 spiro atoms. The van der Waals surface area contributed by atoms with E-state index in [4.69, 9.17) is 4.74 Å². The second-order valence-electron chi connectivity index (χ2n) is 3.76. The summed E-state index contributed by atoms with van der Waals surface area (Å²) in [6, 6.07) is 0. The molecule has 0 aromatic carbocycles. The molecule has 0 amide bonds. The van der Waals surface area contributed by atoms with Crippen molar-refractivity contribution in [2.24, 2.45) is 5.92 Å².